The summed E-state index contributed by atoms with van der Waals surface area (Å²) in [6.07, 6.45) is 3.53. The summed E-state index contributed by atoms with van der Waals surface area (Å²) in [6, 6.07) is 5.73. The third-order valence-electron chi connectivity index (χ3n) is 2.46. The molecule has 0 aliphatic rings. The van der Waals surface area contributed by atoms with Crippen LogP contribution in [-0.4, -0.2) is 35.6 Å². The highest BCUT2D eigenvalue weighted by atomic mass is 15.1. The first-order valence-electron chi connectivity index (χ1n) is 5.92. The van der Waals surface area contributed by atoms with Crippen LogP contribution in [0.2, 0.25) is 0 Å². The van der Waals surface area contributed by atoms with Crippen molar-refractivity contribution < 1.29 is 0 Å². The smallest absolute Gasteiger partial charge is 0.165 e. The summed E-state index contributed by atoms with van der Waals surface area (Å²) in [5.74, 6) is 2.38. The molecule has 0 aliphatic heterocycles. The number of nitrogens with one attached hydrogen (secondary N) is 1. The molecule has 0 bridgehead atoms. The van der Waals surface area contributed by atoms with Gasteiger partial charge >= 0.3 is 0 Å². The van der Waals surface area contributed by atoms with Gasteiger partial charge in [-0.2, -0.15) is 0 Å². The van der Waals surface area contributed by atoms with Crippen LogP contribution in [0.25, 0.3) is 11.4 Å². The Morgan fingerprint density at radius 3 is 2.72 bits per heavy atom. The van der Waals surface area contributed by atoms with Crippen LogP contribution >= 0.6 is 0 Å². The number of anilines is 2. The van der Waals surface area contributed by atoms with Crippen LogP contribution in [0.1, 0.15) is 6.92 Å². The zero-order valence-corrected chi connectivity index (χ0v) is 10.9. The fourth-order valence-electron chi connectivity index (χ4n) is 1.70. The Balaban J connectivity index is 2.45. The van der Waals surface area contributed by atoms with Crippen LogP contribution in [0.3, 0.4) is 0 Å². The van der Waals surface area contributed by atoms with Gasteiger partial charge in [0.2, 0.25) is 0 Å². The van der Waals surface area contributed by atoms with Crippen LogP contribution in [0, 0.1) is 0 Å². The Bertz CT molecular complexity index is 524. The highest BCUT2D eigenvalue weighted by molar-refractivity contribution is 5.71. The van der Waals surface area contributed by atoms with Gasteiger partial charge in [-0.3, -0.25) is 0 Å². The number of hydrogen-bond donors (Lipinski definition) is 1. The van der Waals surface area contributed by atoms with E-state index in [9.17, 15) is 0 Å². The molecule has 0 fully saturated rings. The molecule has 0 saturated carbocycles. The average Bonchev–Trinajstić information content (AvgIpc) is 2.39. The first-order valence-corrected chi connectivity index (χ1v) is 5.92. The molecule has 0 saturated heterocycles. The second-order valence-corrected chi connectivity index (χ2v) is 4.06. The maximum Gasteiger partial charge on any atom is 0.165 e. The number of hydrogen-bond acceptors (Lipinski definition) is 5. The molecule has 5 nitrogen and oxygen atoms in total. The van der Waals surface area contributed by atoms with Gasteiger partial charge < -0.3 is 10.2 Å². The monoisotopic (exact) mass is 243 g/mol. The minimum atomic E-state index is 0.685. The van der Waals surface area contributed by atoms with E-state index < -0.39 is 0 Å². The first-order chi connectivity index (χ1) is 8.72. The zero-order chi connectivity index (χ0) is 13.0. The van der Waals surface area contributed by atoms with Gasteiger partial charge in [0.1, 0.15) is 11.6 Å². The lowest BCUT2D eigenvalue weighted by molar-refractivity contribution is 1.05. The molecule has 0 aromatic carbocycles. The molecule has 0 radical (unpaired) electrons. The van der Waals surface area contributed by atoms with Crippen molar-refractivity contribution in [2.45, 2.75) is 6.92 Å². The van der Waals surface area contributed by atoms with Gasteiger partial charge in [-0.05, 0) is 25.1 Å². The van der Waals surface area contributed by atoms with Gasteiger partial charge in [-0.25, -0.2) is 15.0 Å². The summed E-state index contributed by atoms with van der Waals surface area (Å²) in [5, 5.41) is 3.18. The third-order valence-corrected chi connectivity index (χ3v) is 2.46. The average molecular weight is 243 g/mol. The number of pyridine rings is 1. The van der Waals surface area contributed by atoms with Gasteiger partial charge in [0.25, 0.3) is 0 Å². The molecule has 0 unspecified atom stereocenters. The number of nitrogens with zero attached hydrogens (tertiary/aromatic N) is 4. The van der Waals surface area contributed by atoms with Gasteiger partial charge in [-0.15, -0.1) is 0 Å². The van der Waals surface area contributed by atoms with E-state index in [4.69, 9.17) is 0 Å². The number of rotatable bonds is 4. The minimum absolute atomic E-state index is 0.685. The van der Waals surface area contributed by atoms with Crippen LogP contribution < -0.4 is 10.2 Å². The first kappa shape index (κ1) is 12.3. The maximum absolute atomic E-state index is 4.49. The fourth-order valence-corrected chi connectivity index (χ4v) is 1.70. The second-order valence-electron chi connectivity index (χ2n) is 4.06. The summed E-state index contributed by atoms with van der Waals surface area (Å²) >= 11 is 0. The predicted molar refractivity (Wildman–Crippen MR) is 73.8 cm³/mol. The molecule has 0 amide bonds. The lowest BCUT2D eigenvalue weighted by Crippen LogP contribution is -2.12. The van der Waals surface area contributed by atoms with Crippen LogP contribution in [0.4, 0.5) is 11.6 Å². The molecule has 5 heteroatoms. The maximum atomic E-state index is 4.49. The van der Waals surface area contributed by atoms with Crippen LogP contribution in [-0.2, 0) is 0 Å². The normalized spacial score (nSPS) is 10.2. The highest BCUT2D eigenvalue weighted by Crippen LogP contribution is 2.24. The Kier molecular flexibility index (Phi) is 3.72. The molecule has 18 heavy (non-hydrogen) atoms. The summed E-state index contributed by atoms with van der Waals surface area (Å²) in [5.41, 5.74) is 0.933. The van der Waals surface area contributed by atoms with E-state index in [1.54, 1.807) is 12.4 Å². The quantitative estimate of drug-likeness (QED) is 0.890. The lowest BCUT2D eigenvalue weighted by atomic mass is 10.2. The second kappa shape index (κ2) is 5.44. The van der Waals surface area contributed by atoms with E-state index in [2.05, 4.69) is 20.3 Å². The van der Waals surface area contributed by atoms with Gasteiger partial charge in [-0.1, -0.05) is 0 Å². The van der Waals surface area contributed by atoms with Crippen LogP contribution in [0.5, 0.6) is 0 Å². The summed E-state index contributed by atoms with van der Waals surface area (Å²) in [7, 11) is 3.92. The van der Waals surface area contributed by atoms with E-state index >= 15 is 0 Å². The third kappa shape index (κ3) is 2.56. The van der Waals surface area contributed by atoms with Crippen molar-refractivity contribution in [2.75, 3.05) is 30.9 Å². The number of aromatic nitrogens is 3. The van der Waals surface area contributed by atoms with Gasteiger partial charge in [0.15, 0.2) is 5.82 Å². The Labute approximate surface area is 107 Å². The molecule has 2 rings (SSSR count). The Morgan fingerprint density at radius 2 is 2.00 bits per heavy atom. The van der Waals surface area contributed by atoms with Crippen molar-refractivity contribution >= 4 is 11.6 Å². The van der Waals surface area contributed by atoms with Crippen molar-refractivity contribution in [2.24, 2.45) is 0 Å². The van der Waals surface area contributed by atoms with Crippen molar-refractivity contribution in [3.8, 4) is 11.4 Å². The molecule has 1 N–H and O–H groups in total. The van der Waals surface area contributed by atoms with E-state index in [1.165, 1.54) is 0 Å². The molecular weight excluding hydrogens is 226 g/mol. The molecule has 2 aromatic rings. The largest absolute Gasteiger partial charge is 0.370 e. The SMILES string of the molecule is CCNc1ccnc(-c2cccnc2N(C)C)n1. The molecular formula is C13H17N5. The van der Waals surface area contributed by atoms with E-state index in [-0.39, 0.29) is 0 Å². The molecule has 2 heterocycles. The molecule has 0 spiro atoms. The van der Waals surface area contributed by atoms with Crippen molar-refractivity contribution in [3.63, 3.8) is 0 Å². The lowest BCUT2D eigenvalue weighted by Gasteiger charge is -2.15. The molecule has 0 atom stereocenters. The summed E-state index contributed by atoms with van der Waals surface area (Å²) in [4.78, 5) is 15.1. The van der Waals surface area contributed by atoms with E-state index in [0.717, 1.165) is 23.7 Å². The standard InChI is InChI=1S/C13H17N5/c1-4-14-11-7-9-15-12(17-11)10-6-5-8-16-13(10)18(2)3/h5-9H,4H2,1-3H3,(H,14,15,17). The molecule has 94 valence electrons. The van der Waals surface area contributed by atoms with Crippen molar-refractivity contribution in [1.82, 2.24) is 15.0 Å². The topological polar surface area (TPSA) is 53.9 Å². The van der Waals surface area contributed by atoms with Crippen molar-refractivity contribution in [1.29, 1.82) is 0 Å². The zero-order valence-electron chi connectivity index (χ0n) is 10.9. The molecule has 0 aliphatic carbocycles. The van der Waals surface area contributed by atoms with E-state index in [0.29, 0.717) is 5.82 Å². The predicted octanol–water partition coefficient (Wildman–Crippen LogP) is 2.04. The van der Waals surface area contributed by atoms with E-state index in [1.807, 2.05) is 44.1 Å². The van der Waals surface area contributed by atoms with Gasteiger partial charge in [0.05, 0.1) is 5.56 Å². The van der Waals surface area contributed by atoms with Crippen molar-refractivity contribution in [3.05, 3.63) is 30.6 Å². The summed E-state index contributed by atoms with van der Waals surface area (Å²) in [6.45, 7) is 2.88. The minimum Gasteiger partial charge on any atom is -0.370 e. The Morgan fingerprint density at radius 1 is 1.17 bits per heavy atom. The summed E-state index contributed by atoms with van der Waals surface area (Å²) < 4.78 is 0. The fraction of sp³-hybridized carbons (Fsp3) is 0.308. The highest BCUT2D eigenvalue weighted by Gasteiger charge is 2.10. The Hall–Kier alpha value is -2.17. The molecule has 2 aromatic heterocycles. The van der Waals surface area contributed by atoms with Crippen LogP contribution in [0.15, 0.2) is 30.6 Å². The van der Waals surface area contributed by atoms with Gasteiger partial charge in [0, 0.05) is 33.0 Å².